The summed E-state index contributed by atoms with van der Waals surface area (Å²) in [5, 5.41) is 49.5. The third kappa shape index (κ3) is 15.8. The number of rotatable bonds is 12. The fraction of sp³-hybridized carbons (Fsp3) is 0.587. The number of hydrogen-bond donors (Lipinski definition) is 7. The third-order valence-corrected chi connectivity index (χ3v) is 11.4. The Morgan fingerprint density at radius 2 is 1.77 bits per heavy atom. The summed E-state index contributed by atoms with van der Waals surface area (Å²) in [5.74, 6) is -5.06. The largest absolute Gasteiger partial charge is 0.508 e. The summed E-state index contributed by atoms with van der Waals surface area (Å²) in [4.78, 5) is 68.2. The molecule has 0 unspecified atom stereocenters. The zero-order valence-electron chi connectivity index (χ0n) is 36.3. The number of carbonyl (C=O) groups excluding carboxylic acids is 5. The first-order chi connectivity index (χ1) is 28.4. The highest BCUT2D eigenvalue weighted by Crippen LogP contribution is 2.24. The molecule has 2 aliphatic rings. The highest BCUT2D eigenvalue weighted by Gasteiger charge is 2.38. The zero-order valence-corrected chi connectivity index (χ0v) is 36.3. The van der Waals surface area contributed by atoms with Gasteiger partial charge < -0.3 is 40.6 Å². The predicted octanol–water partition coefficient (Wildman–Crippen LogP) is 4.13. The van der Waals surface area contributed by atoms with Crippen LogP contribution in [0.25, 0.3) is 0 Å². The number of esters is 1. The minimum Gasteiger partial charge on any atom is -0.508 e. The Kier molecular flexibility index (Phi) is 20.4. The molecule has 0 radical (unpaired) electrons. The van der Waals surface area contributed by atoms with Crippen molar-refractivity contribution in [1.29, 1.82) is 0 Å². The van der Waals surface area contributed by atoms with Crippen molar-refractivity contribution in [1.82, 2.24) is 21.1 Å². The van der Waals surface area contributed by atoms with Crippen LogP contribution in [0.5, 0.6) is 5.75 Å². The van der Waals surface area contributed by atoms with Crippen LogP contribution in [-0.4, -0.2) is 104 Å². The van der Waals surface area contributed by atoms with Crippen molar-refractivity contribution in [3.05, 3.63) is 77.9 Å². The van der Waals surface area contributed by atoms with Crippen molar-refractivity contribution in [2.75, 3.05) is 6.54 Å². The van der Waals surface area contributed by atoms with E-state index in [0.717, 1.165) is 18.4 Å². The summed E-state index contributed by atoms with van der Waals surface area (Å²) < 4.78 is 6.09. The number of aliphatic hydroxyl groups excluding tert-OH is 3. The van der Waals surface area contributed by atoms with Gasteiger partial charge in [0.25, 0.3) is 5.91 Å². The maximum atomic E-state index is 14.3. The molecule has 1 aromatic rings. The van der Waals surface area contributed by atoms with Crippen molar-refractivity contribution in [3.63, 3.8) is 0 Å². The Morgan fingerprint density at radius 1 is 1.03 bits per heavy atom. The topological polar surface area (TPSA) is 215 Å². The summed E-state index contributed by atoms with van der Waals surface area (Å²) in [5.41, 5.74) is 4.34. The monoisotopic (exact) mass is 836 g/mol. The SMILES string of the molecule is CC(=O)CC[C@H]1C(=O)N[C@@H](C(C)C)C(=O)N[C@@H](Cc2cccc(O)c2)C(=O)N2CCC[C@H](N2)C(=O)O[C@H](/C(C)=C/C=C/CC[C@H](C)[C@H](C)O)C/C=C/C=C/[C@H](O)[C@H](C)[C@H]1O. The van der Waals surface area contributed by atoms with E-state index in [1.165, 1.54) is 30.1 Å². The van der Waals surface area contributed by atoms with Crippen molar-refractivity contribution in [2.24, 2.45) is 23.7 Å². The lowest BCUT2D eigenvalue weighted by molar-refractivity contribution is -0.156. The molecule has 60 heavy (non-hydrogen) atoms. The average Bonchev–Trinajstić information content (AvgIpc) is 3.20. The van der Waals surface area contributed by atoms with Gasteiger partial charge in [-0.3, -0.25) is 24.2 Å². The average molecular weight is 837 g/mol. The Morgan fingerprint density at radius 3 is 2.43 bits per heavy atom. The van der Waals surface area contributed by atoms with Gasteiger partial charge in [0.15, 0.2) is 0 Å². The number of hydrogen-bond acceptors (Lipinski definition) is 11. The lowest BCUT2D eigenvalue weighted by Gasteiger charge is -2.36. The van der Waals surface area contributed by atoms with Gasteiger partial charge in [-0.2, -0.15) is 0 Å². The number of phenols is 1. The van der Waals surface area contributed by atoms with Crippen LogP contribution in [0, 0.1) is 23.7 Å². The van der Waals surface area contributed by atoms with Crippen LogP contribution in [0.3, 0.4) is 0 Å². The molecule has 7 N–H and O–H groups in total. The smallest absolute Gasteiger partial charge is 0.325 e. The maximum absolute atomic E-state index is 14.3. The number of allylic oxidation sites excluding steroid dienone is 5. The fourth-order valence-corrected chi connectivity index (χ4v) is 7.07. The van der Waals surface area contributed by atoms with E-state index >= 15 is 0 Å². The van der Waals surface area contributed by atoms with Crippen LogP contribution in [0.4, 0.5) is 0 Å². The van der Waals surface area contributed by atoms with Crippen LogP contribution in [0.1, 0.15) is 99.0 Å². The second kappa shape index (κ2) is 24.6. The number of phenolic OH excluding ortho intramolecular Hbond substituents is 1. The normalized spacial score (nSPS) is 29.1. The van der Waals surface area contributed by atoms with Gasteiger partial charge in [-0.1, -0.05) is 82.4 Å². The van der Waals surface area contributed by atoms with Crippen LogP contribution in [0.2, 0.25) is 0 Å². The van der Waals surface area contributed by atoms with E-state index in [2.05, 4.69) is 16.1 Å². The highest BCUT2D eigenvalue weighted by atomic mass is 16.5. The lowest BCUT2D eigenvalue weighted by atomic mass is 9.84. The first kappa shape index (κ1) is 49.7. The van der Waals surface area contributed by atoms with E-state index < -0.39 is 84.0 Å². The molecule has 332 valence electrons. The molecular formula is C46H68N4O10. The summed E-state index contributed by atoms with van der Waals surface area (Å²) >= 11 is 0. The molecule has 1 fully saturated rings. The second-order valence-corrected chi connectivity index (χ2v) is 16.8. The Balaban J connectivity index is 2.04. The minimum atomic E-state index is -1.40. The molecule has 3 rings (SSSR count). The molecule has 2 bridgehead atoms. The Labute approximate surface area is 355 Å². The molecule has 0 aliphatic carbocycles. The molecule has 1 aromatic carbocycles. The number of hydrazine groups is 1. The Hall–Kier alpha value is -4.63. The van der Waals surface area contributed by atoms with Crippen LogP contribution < -0.4 is 16.1 Å². The Bertz CT molecular complexity index is 1720. The van der Waals surface area contributed by atoms with E-state index in [1.807, 2.05) is 32.1 Å². The van der Waals surface area contributed by atoms with Gasteiger partial charge in [-0.05, 0) is 88.0 Å². The van der Waals surface area contributed by atoms with E-state index in [0.29, 0.717) is 18.4 Å². The molecule has 14 heteroatoms. The number of carbonyl (C=O) groups is 5. The predicted molar refractivity (Wildman–Crippen MR) is 229 cm³/mol. The first-order valence-electron chi connectivity index (χ1n) is 21.3. The number of nitrogens with one attached hydrogen (secondary N) is 3. The minimum absolute atomic E-state index is 0.0169. The van der Waals surface area contributed by atoms with E-state index in [1.54, 1.807) is 58.1 Å². The molecule has 0 aromatic heterocycles. The molecule has 2 aliphatic heterocycles. The standard InChI is InChI=1S/C46H68N4O10/c1-28(2)41-44(57)47-38(27-34-18-14-19-35(53)26-34)45(58)50-25-15-20-37(49-50)46(59)60-40(30(4)17-11-8-10-16-29(3)33(7)52)22-13-9-12-21-39(54)32(6)42(55)36(43(56)48-41)24-23-31(5)51/h8-9,11-14,17-19,21,26,28-29,32-33,36-42,49,52-55H,10,15-16,20,22-25,27H2,1-7H3,(H,47,57)(H,48,56)/b11-8+,13-9+,21-12+,30-17+/t29-,32-,33-,36+,37-,38-,39-,40-,41-,42+/m0/s1. The number of aliphatic hydroxyl groups is 3. The van der Waals surface area contributed by atoms with Crippen molar-refractivity contribution in [3.8, 4) is 5.75 Å². The molecule has 14 nitrogen and oxygen atoms in total. The van der Waals surface area contributed by atoms with E-state index in [9.17, 15) is 44.4 Å². The molecule has 2 heterocycles. The number of aromatic hydroxyl groups is 1. The molecule has 0 spiro atoms. The number of ether oxygens (including phenoxy) is 1. The van der Waals surface area contributed by atoms with Crippen LogP contribution in [0.15, 0.2) is 72.4 Å². The first-order valence-corrected chi connectivity index (χ1v) is 21.3. The molecule has 0 saturated carbocycles. The number of fused-ring (bicyclic) bond motifs is 2. The number of benzene rings is 1. The molecule has 10 atom stereocenters. The second-order valence-electron chi connectivity index (χ2n) is 16.8. The number of Topliss-reactive ketones (excluding diaryl/α,β-unsaturated/α-hetero) is 1. The molecule has 1 saturated heterocycles. The zero-order chi connectivity index (χ0) is 44.5. The number of amides is 3. The van der Waals surface area contributed by atoms with E-state index in [4.69, 9.17) is 4.74 Å². The van der Waals surface area contributed by atoms with Gasteiger partial charge >= 0.3 is 5.97 Å². The summed E-state index contributed by atoms with van der Waals surface area (Å²) in [6.45, 7) is 12.2. The number of nitrogens with zero attached hydrogens (tertiary/aromatic N) is 1. The number of ketones is 1. The van der Waals surface area contributed by atoms with Crippen LogP contribution in [-0.2, 0) is 35.1 Å². The van der Waals surface area contributed by atoms with Crippen molar-refractivity contribution < 1.29 is 49.1 Å². The summed E-state index contributed by atoms with van der Waals surface area (Å²) in [6, 6.07) is 3.04. The lowest BCUT2D eigenvalue weighted by Crippen LogP contribution is -2.62. The third-order valence-electron chi connectivity index (χ3n) is 11.4. The van der Waals surface area contributed by atoms with Gasteiger partial charge in [0.2, 0.25) is 11.8 Å². The summed E-state index contributed by atoms with van der Waals surface area (Å²) in [7, 11) is 0. The van der Waals surface area contributed by atoms with Crippen molar-refractivity contribution in [2.45, 2.75) is 142 Å². The maximum Gasteiger partial charge on any atom is 0.325 e. The fourth-order valence-electron chi connectivity index (χ4n) is 7.07. The van der Waals surface area contributed by atoms with Gasteiger partial charge in [-0.15, -0.1) is 0 Å². The summed E-state index contributed by atoms with van der Waals surface area (Å²) in [6.07, 6.45) is 11.2. The van der Waals surface area contributed by atoms with Gasteiger partial charge in [0, 0.05) is 31.7 Å². The van der Waals surface area contributed by atoms with Gasteiger partial charge in [0.05, 0.1) is 24.2 Å². The highest BCUT2D eigenvalue weighted by molar-refractivity contribution is 5.93. The number of cyclic esters (lactones) is 1. The van der Waals surface area contributed by atoms with Crippen LogP contribution >= 0.6 is 0 Å². The molecular weight excluding hydrogens is 769 g/mol. The van der Waals surface area contributed by atoms with Gasteiger partial charge in [-0.25, -0.2) is 5.43 Å². The van der Waals surface area contributed by atoms with Gasteiger partial charge in [0.1, 0.15) is 35.8 Å². The molecule has 3 amide bonds. The quantitative estimate of drug-likeness (QED) is 0.117. The van der Waals surface area contributed by atoms with Crippen molar-refractivity contribution >= 4 is 29.5 Å². The van der Waals surface area contributed by atoms with E-state index in [-0.39, 0.29) is 49.7 Å².